The Morgan fingerprint density at radius 1 is 1.43 bits per heavy atom. The van der Waals surface area contributed by atoms with Crippen LogP contribution in [-0.2, 0) is 16.6 Å². The van der Waals surface area contributed by atoms with Gasteiger partial charge in [-0.25, -0.2) is 12.8 Å². The Hall–Kier alpha value is -2.24. The van der Waals surface area contributed by atoms with Crippen molar-refractivity contribution >= 4 is 10.0 Å². The number of hydrogen-bond acceptors (Lipinski definition) is 4. The molecule has 0 aliphatic carbocycles. The van der Waals surface area contributed by atoms with Gasteiger partial charge in [0.1, 0.15) is 5.82 Å². The van der Waals surface area contributed by atoms with E-state index in [1.807, 2.05) is 6.07 Å². The van der Waals surface area contributed by atoms with Crippen LogP contribution in [-0.4, -0.2) is 29.5 Å². The topological polar surface area (TPSA) is 89.8 Å². The SMILES string of the molecule is CCN(Cc1ccc(C#N)cc1F)S(=O)(=O)c1ccn[nH]1. The smallest absolute Gasteiger partial charge is 0.260 e. The van der Waals surface area contributed by atoms with E-state index in [-0.39, 0.29) is 29.2 Å². The van der Waals surface area contributed by atoms with Crippen LogP contribution in [0.4, 0.5) is 4.39 Å². The largest absolute Gasteiger partial charge is 0.266 e. The quantitative estimate of drug-likeness (QED) is 0.909. The van der Waals surface area contributed by atoms with Gasteiger partial charge in [0.05, 0.1) is 17.8 Å². The molecule has 110 valence electrons. The molecular weight excluding hydrogens is 295 g/mol. The van der Waals surface area contributed by atoms with Crippen LogP contribution in [0.1, 0.15) is 18.1 Å². The highest BCUT2D eigenvalue weighted by molar-refractivity contribution is 7.89. The maximum absolute atomic E-state index is 13.9. The Morgan fingerprint density at radius 2 is 2.19 bits per heavy atom. The summed E-state index contributed by atoms with van der Waals surface area (Å²) in [6.07, 6.45) is 1.34. The second kappa shape index (κ2) is 6.03. The van der Waals surface area contributed by atoms with Crippen molar-refractivity contribution in [3.05, 3.63) is 47.4 Å². The summed E-state index contributed by atoms with van der Waals surface area (Å²) in [6.45, 7) is 1.73. The third-order valence-corrected chi connectivity index (χ3v) is 4.82. The number of nitrogens with one attached hydrogen (secondary N) is 1. The summed E-state index contributed by atoms with van der Waals surface area (Å²) >= 11 is 0. The Kier molecular flexibility index (Phi) is 4.35. The van der Waals surface area contributed by atoms with Crippen LogP contribution < -0.4 is 0 Å². The molecule has 8 heteroatoms. The van der Waals surface area contributed by atoms with Crippen molar-refractivity contribution in [2.75, 3.05) is 6.54 Å². The molecule has 1 N–H and O–H groups in total. The fourth-order valence-corrected chi connectivity index (χ4v) is 3.16. The molecule has 2 aromatic rings. The van der Waals surface area contributed by atoms with E-state index in [2.05, 4.69) is 10.2 Å². The molecule has 1 aromatic heterocycles. The molecular formula is C13H13FN4O2S. The molecule has 0 saturated carbocycles. The highest BCUT2D eigenvalue weighted by Crippen LogP contribution is 2.18. The normalized spacial score (nSPS) is 11.5. The molecule has 0 amide bonds. The summed E-state index contributed by atoms with van der Waals surface area (Å²) in [5.41, 5.74) is 0.398. The van der Waals surface area contributed by atoms with Crippen LogP contribution in [0.5, 0.6) is 0 Å². The summed E-state index contributed by atoms with van der Waals surface area (Å²) < 4.78 is 39.7. The Balaban J connectivity index is 2.30. The summed E-state index contributed by atoms with van der Waals surface area (Å²) in [4.78, 5) is 0. The third-order valence-electron chi connectivity index (χ3n) is 2.97. The van der Waals surface area contributed by atoms with E-state index in [0.717, 1.165) is 10.4 Å². The fourth-order valence-electron chi connectivity index (χ4n) is 1.83. The van der Waals surface area contributed by atoms with Gasteiger partial charge in [-0.1, -0.05) is 13.0 Å². The van der Waals surface area contributed by atoms with Crippen LogP contribution in [0, 0.1) is 17.1 Å². The number of benzene rings is 1. The molecule has 0 unspecified atom stereocenters. The Bertz CT molecular complexity index is 766. The average molecular weight is 308 g/mol. The molecule has 21 heavy (non-hydrogen) atoms. The number of halogens is 1. The minimum atomic E-state index is -3.75. The Labute approximate surface area is 121 Å². The molecule has 0 saturated heterocycles. The fraction of sp³-hybridized carbons (Fsp3) is 0.231. The van der Waals surface area contributed by atoms with Crippen molar-refractivity contribution in [1.29, 1.82) is 5.26 Å². The van der Waals surface area contributed by atoms with Gasteiger partial charge < -0.3 is 0 Å². The molecule has 0 radical (unpaired) electrons. The highest BCUT2D eigenvalue weighted by Gasteiger charge is 2.25. The Morgan fingerprint density at radius 3 is 2.71 bits per heavy atom. The maximum atomic E-state index is 13.9. The van der Waals surface area contributed by atoms with Gasteiger partial charge in [0, 0.05) is 18.7 Å². The van der Waals surface area contributed by atoms with E-state index in [4.69, 9.17) is 5.26 Å². The number of aromatic amines is 1. The molecule has 0 bridgehead atoms. The number of hydrogen-bond donors (Lipinski definition) is 1. The van der Waals surface area contributed by atoms with E-state index < -0.39 is 15.8 Å². The lowest BCUT2D eigenvalue weighted by molar-refractivity contribution is 0.413. The van der Waals surface area contributed by atoms with E-state index in [9.17, 15) is 12.8 Å². The summed E-state index contributed by atoms with van der Waals surface area (Å²) in [5, 5.41) is 14.7. The van der Waals surface area contributed by atoms with Crippen molar-refractivity contribution in [3.63, 3.8) is 0 Å². The van der Waals surface area contributed by atoms with Gasteiger partial charge in [0.25, 0.3) is 10.0 Å². The van der Waals surface area contributed by atoms with Crippen molar-refractivity contribution in [2.45, 2.75) is 18.5 Å². The minimum absolute atomic E-state index is 0.0431. The molecule has 0 atom stereocenters. The number of H-pyrrole nitrogens is 1. The number of sulfonamides is 1. The van der Waals surface area contributed by atoms with Gasteiger partial charge in [-0.15, -0.1) is 0 Å². The third kappa shape index (κ3) is 3.09. The van der Waals surface area contributed by atoms with Gasteiger partial charge in [-0.2, -0.15) is 14.7 Å². The van der Waals surface area contributed by atoms with Crippen molar-refractivity contribution in [3.8, 4) is 6.07 Å². The monoisotopic (exact) mass is 308 g/mol. The number of nitrogens with zero attached hydrogens (tertiary/aromatic N) is 3. The lowest BCUT2D eigenvalue weighted by Gasteiger charge is -2.19. The van der Waals surface area contributed by atoms with Crippen LogP contribution in [0.2, 0.25) is 0 Å². The zero-order chi connectivity index (χ0) is 15.5. The van der Waals surface area contributed by atoms with Gasteiger partial charge in [-0.05, 0) is 18.2 Å². The van der Waals surface area contributed by atoms with Crippen LogP contribution in [0.15, 0.2) is 35.5 Å². The molecule has 0 aliphatic heterocycles. The van der Waals surface area contributed by atoms with Crippen molar-refractivity contribution < 1.29 is 12.8 Å². The van der Waals surface area contributed by atoms with Crippen molar-refractivity contribution in [1.82, 2.24) is 14.5 Å². The molecule has 2 rings (SSSR count). The zero-order valence-electron chi connectivity index (χ0n) is 11.2. The minimum Gasteiger partial charge on any atom is -0.266 e. The first-order valence-electron chi connectivity index (χ1n) is 6.17. The molecule has 6 nitrogen and oxygen atoms in total. The predicted molar refractivity (Wildman–Crippen MR) is 73.0 cm³/mol. The van der Waals surface area contributed by atoms with Crippen LogP contribution in [0.3, 0.4) is 0 Å². The maximum Gasteiger partial charge on any atom is 0.260 e. The number of nitriles is 1. The molecule has 1 aromatic carbocycles. The molecule has 1 heterocycles. The van der Waals surface area contributed by atoms with Crippen molar-refractivity contribution in [2.24, 2.45) is 0 Å². The predicted octanol–water partition coefficient (Wildman–Crippen LogP) is 1.63. The summed E-state index contributed by atoms with van der Waals surface area (Å²) in [5.74, 6) is -0.604. The van der Waals surface area contributed by atoms with Gasteiger partial charge in [-0.3, -0.25) is 5.10 Å². The summed E-state index contributed by atoms with van der Waals surface area (Å²) in [7, 11) is -3.75. The number of rotatable bonds is 5. The zero-order valence-corrected chi connectivity index (χ0v) is 12.1. The van der Waals surface area contributed by atoms with E-state index >= 15 is 0 Å². The van der Waals surface area contributed by atoms with Crippen LogP contribution >= 0.6 is 0 Å². The van der Waals surface area contributed by atoms with Crippen LogP contribution in [0.25, 0.3) is 0 Å². The lowest BCUT2D eigenvalue weighted by atomic mass is 10.1. The standard InChI is InChI=1S/C13H13FN4O2S/c1-2-18(21(19,20)13-5-6-16-17-13)9-11-4-3-10(8-15)7-12(11)14/h3-7H,2,9H2,1H3,(H,16,17). The van der Waals surface area contributed by atoms with E-state index in [0.29, 0.717) is 0 Å². The van der Waals surface area contributed by atoms with Gasteiger partial charge in [0.2, 0.25) is 0 Å². The molecule has 0 fully saturated rings. The first kappa shape index (κ1) is 15.2. The highest BCUT2D eigenvalue weighted by atomic mass is 32.2. The second-order valence-electron chi connectivity index (χ2n) is 4.27. The van der Waals surface area contributed by atoms with Gasteiger partial charge >= 0.3 is 0 Å². The average Bonchev–Trinajstić information content (AvgIpc) is 3.00. The molecule has 0 spiro atoms. The first-order chi connectivity index (χ1) is 9.98. The van der Waals surface area contributed by atoms with E-state index in [1.54, 1.807) is 6.92 Å². The lowest BCUT2D eigenvalue weighted by Crippen LogP contribution is -2.31. The first-order valence-corrected chi connectivity index (χ1v) is 7.61. The van der Waals surface area contributed by atoms with Gasteiger partial charge in [0.15, 0.2) is 5.03 Å². The molecule has 0 aliphatic rings. The van der Waals surface area contributed by atoms with E-state index in [1.165, 1.54) is 24.4 Å². The second-order valence-corrected chi connectivity index (χ2v) is 6.18. The number of aromatic nitrogens is 2. The summed E-state index contributed by atoms with van der Waals surface area (Å²) in [6, 6.07) is 7.13.